The summed E-state index contributed by atoms with van der Waals surface area (Å²) in [6.45, 7) is 5.81. The van der Waals surface area contributed by atoms with Crippen LogP contribution in [-0.4, -0.2) is 40.1 Å². The molecule has 164 valence electrons. The fourth-order valence-corrected chi connectivity index (χ4v) is 4.55. The topological polar surface area (TPSA) is 116 Å². The van der Waals surface area contributed by atoms with Gasteiger partial charge in [0.1, 0.15) is 6.04 Å². The normalized spacial score (nSPS) is 15.5. The summed E-state index contributed by atoms with van der Waals surface area (Å²) in [6, 6.07) is 7.12. The predicted octanol–water partition coefficient (Wildman–Crippen LogP) is 3.57. The van der Waals surface area contributed by atoms with Gasteiger partial charge in [0, 0.05) is 6.16 Å². The summed E-state index contributed by atoms with van der Waals surface area (Å²) in [7, 11) is -3.73. The zero-order valence-corrected chi connectivity index (χ0v) is 18.5. The van der Waals surface area contributed by atoms with E-state index >= 15 is 0 Å². The molecule has 0 aliphatic rings. The van der Waals surface area contributed by atoms with E-state index in [1.165, 1.54) is 0 Å². The van der Waals surface area contributed by atoms with E-state index in [2.05, 4.69) is 17.3 Å². The van der Waals surface area contributed by atoms with Crippen molar-refractivity contribution in [1.29, 1.82) is 0 Å². The van der Waals surface area contributed by atoms with Crippen molar-refractivity contribution in [2.45, 2.75) is 71.4 Å². The third-order valence-electron chi connectivity index (χ3n) is 4.59. The summed E-state index contributed by atoms with van der Waals surface area (Å²) in [6.07, 6.45) is 4.03. The quantitative estimate of drug-likeness (QED) is 0.267. The highest BCUT2D eigenvalue weighted by atomic mass is 31.2. The number of carbonyl (C=O) groups is 2. The molecule has 0 saturated heterocycles. The van der Waals surface area contributed by atoms with Crippen molar-refractivity contribution in [3.05, 3.63) is 35.9 Å². The molecule has 0 radical (unpaired) electrons. The molecule has 7 nitrogen and oxygen atoms in total. The Morgan fingerprint density at radius 2 is 1.72 bits per heavy atom. The van der Waals surface area contributed by atoms with Crippen LogP contribution in [0.1, 0.15) is 58.4 Å². The molecule has 1 rings (SSSR count). The summed E-state index contributed by atoms with van der Waals surface area (Å²) < 4.78 is 12.6. The summed E-state index contributed by atoms with van der Waals surface area (Å²) in [5.41, 5.74) is 0.821. The maximum absolute atomic E-state index is 12.8. The zero-order valence-electron chi connectivity index (χ0n) is 17.6. The van der Waals surface area contributed by atoms with Crippen LogP contribution < -0.4 is 10.4 Å². The van der Waals surface area contributed by atoms with E-state index in [1.807, 2.05) is 44.2 Å². The van der Waals surface area contributed by atoms with Gasteiger partial charge >= 0.3 is 5.97 Å². The predicted molar refractivity (Wildman–Crippen MR) is 115 cm³/mol. The molecule has 0 saturated carbocycles. The molecule has 0 spiro atoms. The standard InChI is InChI=1S/C21H35N2O5P/c1-4-5-6-10-13-29(27,28)23-18(15-17-11-8-7-9-12-17)20(24)22-19(21(25)26)14-16(2)3/h7-9,11-12,16,18-19H,4-6,10,13-15H2,1-3H3,(H,22,24)(H,25,26)(H2,23,27,28)/t18-,19-/m0/s1. The van der Waals surface area contributed by atoms with Gasteiger partial charge in [-0.25, -0.2) is 9.88 Å². The van der Waals surface area contributed by atoms with Gasteiger partial charge in [0.25, 0.3) is 7.52 Å². The summed E-state index contributed by atoms with van der Waals surface area (Å²) in [5, 5.41) is 14.6. The Balaban J connectivity index is 2.90. The molecule has 1 aromatic carbocycles. The Morgan fingerprint density at radius 1 is 1.07 bits per heavy atom. The summed E-state index contributed by atoms with van der Waals surface area (Å²) >= 11 is 0. The molecule has 3 atom stereocenters. The molecule has 1 unspecified atom stereocenters. The van der Waals surface area contributed by atoms with Crippen LogP contribution in [0, 0.1) is 5.92 Å². The minimum atomic E-state index is -3.73. The molecule has 0 aliphatic carbocycles. The Labute approximate surface area is 173 Å². The number of hydrogen-bond donors (Lipinski definition) is 4. The highest BCUT2D eigenvalue weighted by molar-refractivity contribution is 7.55. The van der Waals surface area contributed by atoms with Crippen LogP contribution in [0.5, 0.6) is 0 Å². The van der Waals surface area contributed by atoms with E-state index in [0.717, 1.165) is 24.8 Å². The van der Waals surface area contributed by atoms with Gasteiger partial charge in [-0.3, -0.25) is 9.36 Å². The Bertz CT molecular complexity index is 681. The molecule has 0 aliphatic heterocycles. The van der Waals surface area contributed by atoms with Crippen LogP contribution in [0.15, 0.2) is 30.3 Å². The average molecular weight is 426 g/mol. The SMILES string of the molecule is CCCCCCP(=O)(O)N[C@@H](Cc1ccccc1)C(=O)N[C@@H](CC(C)C)C(=O)O. The number of carboxylic acids is 1. The molecule has 0 bridgehead atoms. The minimum absolute atomic E-state index is 0.0828. The lowest BCUT2D eigenvalue weighted by atomic mass is 10.0. The number of hydrogen-bond acceptors (Lipinski definition) is 3. The van der Waals surface area contributed by atoms with Crippen LogP contribution in [0.4, 0.5) is 0 Å². The van der Waals surface area contributed by atoms with E-state index in [-0.39, 0.29) is 24.9 Å². The van der Waals surface area contributed by atoms with Gasteiger partial charge in [0.15, 0.2) is 0 Å². The lowest BCUT2D eigenvalue weighted by Gasteiger charge is -2.24. The third kappa shape index (κ3) is 10.6. The molecule has 29 heavy (non-hydrogen) atoms. The summed E-state index contributed by atoms with van der Waals surface area (Å²) in [5.74, 6) is -1.61. The number of nitrogens with one attached hydrogen (secondary N) is 2. The van der Waals surface area contributed by atoms with Gasteiger partial charge in [-0.05, 0) is 30.7 Å². The number of aliphatic carboxylic acids is 1. The highest BCUT2D eigenvalue weighted by Gasteiger charge is 2.30. The fraction of sp³-hybridized carbons (Fsp3) is 0.619. The van der Waals surface area contributed by atoms with Crippen LogP contribution in [-0.2, 0) is 20.6 Å². The maximum Gasteiger partial charge on any atom is 0.326 e. The van der Waals surface area contributed by atoms with Crippen molar-refractivity contribution in [3.63, 3.8) is 0 Å². The Morgan fingerprint density at radius 3 is 2.28 bits per heavy atom. The Kier molecular flexibility index (Phi) is 11.2. The van der Waals surface area contributed by atoms with Crippen molar-refractivity contribution < 1.29 is 24.2 Å². The van der Waals surface area contributed by atoms with Gasteiger partial charge in [-0.2, -0.15) is 0 Å². The number of rotatable bonds is 14. The highest BCUT2D eigenvalue weighted by Crippen LogP contribution is 2.37. The van der Waals surface area contributed by atoms with Crippen LogP contribution in [0.3, 0.4) is 0 Å². The lowest BCUT2D eigenvalue weighted by molar-refractivity contribution is -0.142. The molecule has 8 heteroatoms. The van der Waals surface area contributed by atoms with Gasteiger partial charge < -0.3 is 15.3 Å². The minimum Gasteiger partial charge on any atom is -0.480 e. The largest absolute Gasteiger partial charge is 0.480 e. The van der Waals surface area contributed by atoms with Crippen LogP contribution >= 0.6 is 7.52 Å². The number of carboxylic acid groups (broad SMARTS) is 1. The van der Waals surface area contributed by atoms with E-state index in [1.54, 1.807) is 0 Å². The molecular weight excluding hydrogens is 391 g/mol. The van der Waals surface area contributed by atoms with Gasteiger partial charge in [-0.15, -0.1) is 0 Å². The first-order valence-corrected chi connectivity index (χ1v) is 12.2. The van der Waals surface area contributed by atoms with Crippen molar-refractivity contribution in [3.8, 4) is 0 Å². The van der Waals surface area contributed by atoms with Gasteiger partial charge in [0.2, 0.25) is 5.91 Å². The number of carbonyl (C=O) groups excluding carboxylic acids is 1. The number of unbranched alkanes of at least 4 members (excludes halogenated alkanes) is 3. The van der Waals surface area contributed by atoms with E-state index in [4.69, 9.17) is 0 Å². The maximum atomic E-state index is 12.8. The first kappa shape index (κ1) is 25.3. The molecule has 0 aromatic heterocycles. The average Bonchev–Trinajstić information content (AvgIpc) is 2.64. The lowest BCUT2D eigenvalue weighted by Crippen LogP contribution is -2.50. The molecule has 1 aromatic rings. The molecule has 4 N–H and O–H groups in total. The first-order chi connectivity index (χ1) is 13.6. The van der Waals surface area contributed by atoms with Gasteiger partial charge in [-0.1, -0.05) is 70.4 Å². The van der Waals surface area contributed by atoms with Crippen molar-refractivity contribution >= 4 is 19.4 Å². The molecule has 0 fully saturated rings. The second-order valence-electron chi connectivity index (χ2n) is 7.89. The van der Waals surface area contributed by atoms with Gasteiger partial charge in [0.05, 0.1) is 6.04 Å². The van der Waals surface area contributed by atoms with Crippen molar-refractivity contribution in [2.75, 3.05) is 6.16 Å². The van der Waals surface area contributed by atoms with Crippen LogP contribution in [0.25, 0.3) is 0 Å². The second kappa shape index (κ2) is 12.8. The second-order valence-corrected chi connectivity index (χ2v) is 9.99. The molecule has 0 heterocycles. The molecule has 1 amide bonds. The number of benzene rings is 1. The van der Waals surface area contributed by atoms with E-state index in [9.17, 15) is 24.2 Å². The first-order valence-electron chi connectivity index (χ1n) is 10.3. The van der Waals surface area contributed by atoms with E-state index in [0.29, 0.717) is 6.42 Å². The van der Waals surface area contributed by atoms with Crippen molar-refractivity contribution in [1.82, 2.24) is 10.4 Å². The monoisotopic (exact) mass is 426 g/mol. The zero-order chi connectivity index (χ0) is 21.9. The third-order valence-corrected chi connectivity index (χ3v) is 6.23. The molecular formula is C21H35N2O5P. The smallest absolute Gasteiger partial charge is 0.326 e. The Hall–Kier alpha value is -1.69. The van der Waals surface area contributed by atoms with Crippen molar-refractivity contribution in [2.24, 2.45) is 5.92 Å². The van der Waals surface area contributed by atoms with E-state index < -0.39 is 31.5 Å². The fourth-order valence-electron chi connectivity index (χ4n) is 3.07. The summed E-state index contributed by atoms with van der Waals surface area (Å²) in [4.78, 5) is 34.7. The number of amides is 1. The van der Waals surface area contributed by atoms with Crippen LogP contribution in [0.2, 0.25) is 0 Å².